The number of benzene rings is 2. The summed E-state index contributed by atoms with van der Waals surface area (Å²) in [6.07, 6.45) is 2.33. The summed E-state index contributed by atoms with van der Waals surface area (Å²) in [4.78, 5) is 2.41. The van der Waals surface area contributed by atoms with E-state index in [-0.39, 0.29) is 6.61 Å². The van der Waals surface area contributed by atoms with E-state index in [1.54, 1.807) is 0 Å². The predicted octanol–water partition coefficient (Wildman–Crippen LogP) is 3.89. The summed E-state index contributed by atoms with van der Waals surface area (Å²) in [5.41, 5.74) is 5.04. The van der Waals surface area contributed by atoms with Crippen LogP contribution in [0.4, 0.5) is 5.69 Å². The lowest BCUT2D eigenvalue weighted by Crippen LogP contribution is -2.22. The van der Waals surface area contributed by atoms with Crippen LogP contribution in [0.3, 0.4) is 0 Å². The number of aliphatic hydroxyl groups excluding tert-OH is 1. The molecular formula is C17H18BrNO. The number of nitrogens with zero attached hydrogens (tertiary/aromatic N) is 1. The highest BCUT2D eigenvalue weighted by Crippen LogP contribution is 2.28. The fraction of sp³-hybridized carbons (Fsp3) is 0.294. The lowest BCUT2D eigenvalue weighted by Gasteiger charge is -2.24. The van der Waals surface area contributed by atoms with Gasteiger partial charge in [-0.05, 0) is 41.7 Å². The van der Waals surface area contributed by atoms with Gasteiger partial charge in [-0.1, -0.05) is 46.3 Å². The van der Waals surface area contributed by atoms with Gasteiger partial charge in [-0.3, -0.25) is 0 Å². The lowest BCUT2D eigenvalue weighted by atomic mass is 10.0. The highest BCUT2D eigenvalue weighted by Gasteiger charge is 2.15. The van der Waals surface area contributed by atoms with Gasteiger partial charge >= 0.3 is 0 Å². The molecule has 0 unspecified atom stereocenters. The van der Waals surface area contributed by atoms with Crippen molar-refractivity contribution in [1.29, 1.82) is 0 Å². The Kier molecular flexibility index (Phi) is 4.08. The summed E-state index contributed by atoms with van der Waals surface area (Å²) in [7, 11) is 0. The third-order valence-electron chi connectivity index (χ3n) is 3.93. The van der Waals surface area contributed by atoms with E-state index in [0.29, 0.717) is 0 Å². The van der Waals surface area contributed by atoms with Crippen molar-refractivity contribution in [2.24, 2.45) is 0 Å². The Bertz CT molecular complexity index is 612. The van der Waals surface area contributed by atoms with Gasteiger partial charge in [0.05, 0.1) is 6.61 Å². The molecule has 0 atom stereocenters. The number of rotatable bonds is 2. The molecule has 1 aliphatic heterocycles. The van der Waals surface area contributed by atoms with E-state index in [9.17, 15) is 5.11 Å². The predicted molar refractivity (Wildman–Crippen MR) is 85.9 cm³/mol. The van der Waals surface area contributed by atoms with Crippen LogP contribution in [0.1, 0.15) is 23.1 Å². The minimum absolute atomic E-state index is 0.0731. The van der Waals surface area contributed by atoms with Crippen molar-refractivity contribution >= 4 is 21.6 Å². The number of hydrogen-bond acceptors (Lipinski definition) is 2. The minimum Gasteiger partial charge on any atom is -0.392 e. The van der Waals surface area contributed by atoms with Crippen molar-refractivity contribution < 1.29 is 5.11 Å². The summed E-state index contributed by atoms with van der Waals surface area (Å²) in [5.74, 6) is 0. The molecule has 2 aromatic rings. The van der Waals surface area contributed by atoms with Crippen molar-refractivity contribution in [2.75, 3.05) is 11.4 Å². The number of aryl methyl sites for hydroxylation is 1. The normalized spacial score (nSPS) is 14.8. The molecule has 1 aliphatic rings. The zero-order valence-electron chi connectivity index (χ0n) is 11.3. The third kappa shape index (κ3) is 2.74. The third-order valence-corrected chi connectivity index (χ3v) is 4.66. The molecule has 0 bridgehead atoms. The Morgan fingerprint density at radius 2 is 1.90 bits per heavy atom. The molecule has 0 saturated heterocycles. The summed E-state index contributed by atoms with van der Waals surface area (Å²) in [6, 6.07) is 14.9. The molecule has 1 heterocycles. The first-order valence-electron chi connectivity index (χ1n) is 6.99. The quantitative estimate of drug-likeness (QED) is 0.902. The molecule has 0 aliphatic carbocycles. The Morgan fingerprint density at radius 1 is 1.10 bits per heavy atom. The molecule has 0 amide bonds. The van der Waals surface area contributed by atoms with E-state index in [2.05, 4.69) is 57.2 Å². The molecule has 0 spiro atoms. The maximum atomic E-state index is 9.25. The molecule has 0 aromatic heterocycles. The number of anilines is 1. The molecule has 3 rings (SSSR count). The molecule has 0 radical (unpaired) electrons. The first-order valence-corrected chi connectivity index (χ1v) is 7.78. The number of hydrogen-bond donors (Lipinski definition) is 1. The van der Waals surface area contributed by atoms with Gasteiger partial charge in [-0.2, -0.15) is 0 Å². The van der Waals surface area contributed by atoms with Crippen LogP contribution < -0.4 is 4.90 Å². The van der Waals surface area contributed by atoms with Gasteiger partial charge in [0.25, 0.3) is 0 Å². The van der Waals surface area contributed by atoms with Crippen LogP contribution in [0.15, 0.2) is 46.9 Å². The monoisotopic (exact) mass is 331 g/mol. The Labute approximate surface area is 128 Å². The zero-order valence-corrected chi connectivity index (χ0v) is 12.9. The maximum Gasteiger partial charge on any atom is 0.0692 e. The number of halogens is 1. The zero-order chi connectivity index (χ0) is 13.9. The van der Waals surface area contributed by atoms with Crippen molar-refractivity contribution in [2.45, 2.75) is 26.0 Å². The van der Waals surface area contributed by atoms with E-state index in [0.717, 1.165) is 29.5 Å². The first kappa shape index (κ1) is 13.7. The molecule has 2 nitrogen and oxygen atoms in total. The lowest BCUT2D eigenvalue weighted by molar-refractivity contribution is 0.281. The van der Waals surface area contributed by atoms with Crippen molar-refractivity contribution in [3.8, 4) is 0 Å². The summed E-state index contributed by atoms with van der Waals surface area (Å²) >= 11 is 3.54. The smallest absolute Gasteiger partial charge is 0.0692 e. The second kappa shape index (κ2) is 5.98. The molecule has 0 saturated carbocycles. The van der Waals surface area contributed by atoms with Gasteiger partial charge in [0, 0.05) is 23.2 Å². The topological polar surface area (TPSA) is 23.5 Å². The number of aliphatic hydroxyl groups is 1. The van der Waals surface area contributed by atoms with Gasteiger partial charge in [-0.25, -0.2) is 0 Å². The van der Waals surface area contributed by atoms with E-state index < -0.39 is 0 Å². The van der Waals surface area contributed by atoms with E-state index in [4.69, 9.17) is 0 Å². The summed E-state index contributed by atoms with van der Waals surface area (Å²) in [5, 5.41) is 9.25. The highest BCUT2D eigenvalue weighted by atomic mass is 79.9. The first-order chi connectivity index (χ1) is 9.78. The Balaban J connectivity index is 1.89. The average Bonchev–Trinajstić information content (AvgIpc) is 2.69. The van der Waals surface area contributed by atoms with Crippen molar-refractivity contribution in [3.05, 3.63) is 63.6 Å². The van der Waals surface area contributed by atoms with Gasteiger partial charge in [-0.15, -0.1) is 0 Å². The van der Waals surface area contributed by atoms with Gasteiger partial charge in [0.1, 0.15) is 0 Å². The molecule has 3 heteroatoms. The van der Waals surface area contributed by atoms with Crippen LogP contribution >= 0.6 is 15.9 Å². The summed E-state index contributed by atoms with van der Waals surface area (Å²) < 4.78 is 0.982. The number of fused-ring (bicyclic) bond motifs is 1. The van der Waals surface area contributed by atoms with Crippen LogP contribution in [0.25, 0.3) is 0 Å². The van der Waals surface area contributed by atoms with Crippen molar-refractivity contribution in [3.63, 3.8) is 0 Å². The minimum atomic E-state index is 0.0731. The van der Waals surface area contributed by atoms with E-state index in [1.165, 1.54) is 23.2 Å². The van der Waals surface area contributed by atoms with Gasteiger partial charge < -0.3 is 10.0 Å². The van der Waals surface area contributed by atoms with Crippen LogP contribution in [0.5, 0.6) is 0 Å². The van der Waals surface area contributed by atoms with Crippen LogP contribution in [-0.2, 0) is 19.6 Å². The molecular weight excluding hydrogens is 314 g/mol. The summed E-state index contributed by atoms with van der Waals surface area (Å²) in [6.45, 7) is 2.10. The molecule has 20 heavy (non-hydrogen) atoms. The molecule has 2 aromatic carbocycles. The fourth-order valence-electron chi connectivity index (χ4n) is 2.78. The SMILES string of the molecule is OCc1ccc(N2CCCc3ccccc3C2)cc1Br. The standard InChI is InChI=1S/C17H18BrNO/c18-17-10-16(8-7-15(17)12-20)19-9-3-6-13-4-1-2-5-14(13)11-19/h1-2,4-5,7-8,10,20H,3,6,9,11-12H2. The van der Waals surface area contributed by atoms with Crippen LogP contribution in [-0.4, -0.2) is 11.7 Å². The Morgan fingerprint density at radius 3 is 2.65 bits per heavy atom. The van der Waals surface area contributed by atoms with Gasteiger partial charge in [0.2, 0.25) is 0 Å². The molecule has 0 fully saturated rings. The Hall–Kier alpha value is -1.32. The maximum absolute atomic E-state index is 9.25. The molecule has 1 N–H and O–H groups in total. The highest BCUT2D eigenvalue weighted by molar-refractivity contribution is 9.10. The van der Waals surface area contributed by atoms with Gasteiger partial charge in [0.15, 0.2) is 0 Å². The molecule has 104 valence electrons. The van der Waals surface area contributed by atoms with Crippen LogP contribution in [0, 0.1) is 0 Å². The van der Waals surface area contributed by atoms with Crippen molar-refractivity contribution in [1.82, 2.24) is 0 Å². The van der Waals surface area contributed by atoms with Crippen LogP contribution in [0.2, 0.25) is 0 Å². The average molecular weight is 332 g/mol. The largest absolute Gasteiger partial charge is 0.392 e. The van der Waals surface area contributed by atoms with E-state index >= 15 is 0 Å². The second-order valence-corrected chi connectivity index (χ2v) is 6.08. The fourth-order valence-corrected chi connectivity index (χ4v) is 3.27. The second-order valence-electron chi connectivity index (χ2n) is 5.23. The van der Waals surface area contributed by atoms with E-state index in [1.807, 2.05) is 6.07 Å².